The van der Waals surface area contributed by atoms with Gasteiger partial charge in [0.25, 0.3) is 0 Å². The lowest BCUT2D eigenvalue weighted by molar-refractivity contribution is 0.465. The second kappa shape index (κ2) is 4.11. The number of hydrogen-bond donors (Lipinski definition) is 1. The highest BCUT2D eigenvalue weighted by Crippen LogP contribution is 2.27. The van der Waals surface area contributed by atoms with Crippen LogP contribution in [0.15, 0.2) is 24.4 Å². The maximum absolute atomic E-state index is 5.42. The zero-order valence-electron chi connectivity index (χ0n) is 9.81. The van der Waals surface area contributed by atoms with Gasteiger partial charge in [-0.15, -0.1) is 0 Å². The van der Waals surface area contributed by atoms with Gasteiger partial charge in [-0.1, -0.05) is 12.2 Å². The summed E-state index contributed by atoms with van der Waals surface area (Å²) >= 11 is 5.42. The number of pyridine rings is 1. The number of nitrogens with one attached hydrogen (secondary N) is 1. The molecular weight excluding hydrogens is 230 g/mol. The third-order valence-electron chi connectivity index (χ3n) is 3.30. The Kier molecular flexibility index (Phi) is 2.59. The number of imidazole rings is 1. The molecule has 0 spiro atoms. The number of aromatic nitrogens is 3. The summed E-state index contributed by atoms with van der Waals surface area (Å²) in [6.45, 7) is 2.05. The van der Waals surface area contributed by atoms with Crippen molar-refractivity contribution in [1.29, 1.82) is 0 Å². The molecule has 2 heterocycles. The fourth-order valence-corrected chi connectivity index (χ4v) is 2.81. The summed E-state index contributed by atoms with van der Waals surface area (Å²) in [4.78, 5) is 7.77. The second-order valence-electron chi connectivity index (χ2n) is 4.62. The highest BCUT2D eigenvalue weighted by atomic mass is 32.1. The minimum atomic E-state index is 0.455. The molecule has 0 fully saturated rings. The topological polar surface area (TPSA) is 33.6 Å². The van der Waals surface area contributed by atoms with E-state index in [1.807, 2.05) is 13.1 Å². The minimum absolute atomic E-state index is 0.455. The molecule has 0 saturated heterocycles. The Morgan fingerprint density at radius 1 is 1.47 bits per heavy atom. The van der Waals surface area contributed by atoms with Crippen molar-refractivity contribution in [3.8, 4) is 0 Å². The predicted octanol–water partition coefficient (Wildman–Crippen LogP) is 3.68. The molecule has 3 rings (SSSR count). The van der Waals surface area contributed by atoms with Crippen molar-refractivity contribution in [2.24, 2.45) is 0 Å². The molecule has 3 nitrogen and oxygen atoms in total. The molecule has 0 radical (unpaired) electrons. The second-order valence-corrected chi connectivity index (χ2v) is 5.01. The number of fused-ring (bicyclic) bond motifs is 1. The summed E-state index contributed by atoms with van der Waals surface area (Å²) < 4.78 is 2.96. The highest BCUT2D eigenvalue weighted by molar-refractivity contribution is 7.71. The normalized spacial score (nSPS) is 19.9. The largest absolute Gasteiger partial charge is 0.329 e. The van der Waals surface area contributed by atoms with Crippen molar-refractivity contribution in [2.75, 3.05) is 0 Å². The first kappa shape index (κ1) is 10.7. The average molecular weight is 245 g/mol. The molecule has 4 heteroatoms. The third-order valence-corrected chi connectivity index (χ3v) is 3.60. The summed E-state index contributed by atoms with van der Waals surface area (Å²) in [5.74, 6) is 0. The van der Waals surface area contributed by atoms with Crippen molar-refractivity contribution in [3.05, 3.63) is 34.7 Å². The lowest BCUT2D eigenvalue weighted by Gasteiger charge is -2.19. The van der Waals surface area contributed by atoms with Crippen LogP contribution in [-0.4, -0.2) is 14.5 Å². The number of nitrogens with zero attached hydrogens (tertiary/aromatic N) is 2. The van der Waals surface area contributed by atoms with E-state index >= 15 is 0 Å². The molecule has 1 aliphatic rings. The van der Waals surface area contributed by atoms with Gasteiger partial charge in [0.15, 0.2) is 10.4 Å². The monoisotopic (exact) mass is 245 g/mol. The van der Waals surface area contributed by atoms with Crippen molar-refractivity contribution in [2.45, 2.75) is 32.2 Å². The quantitative estimate of drug-likeness (QED) is 0.614. The van der Waals surface area contributed by atoms with Crippen LogP contribution in [-0.2, 0) is 0 Å². The molecule has 0 aliphatic heterocycles. The van der Waals surface area contributed by atoms with Crippen molar-refractivity contribution in [1.82, 2.24) is 14.5 Å². The molecule has 2 aromatic rings. The molecule has 17 heavy (non-hydrogen) atoms. The Balaban J connectivity index is 2.18. The van der Waals surface area contributed by atoms with E-state index in [0.29, 0.717) is 6.04 Å². The Labute approximate surface area is 105 Å². The van der Waals surface area contributed by atoms with E-state index in [1.54, 1.807) is 0 Å². The molecule has 1 aliphatic carbocycles. The van der Waals surface area contributed by atoms with E-state index in [2.05, 4.69) is 32.8 Å². The van der Waals surface area contributed by atoms with E-state index in [4.69, 9.17) is 12.2 Å². The van der Waals surface area contributed by atoms with Gasteiger partial charge in [-0.25, -0.2) is 4.98 Å². The number of allylic oxidation sites excluding steroid dienone is 2. The van der Waals surface area contributed by atoms with Crippen molar-refractivity contribution in [3.63, 3.8) is 0 Å². The molecule has 0 aromatic carbocycles. The maximum Gasteiger partial charge on any atom is 0.179 e. The van der Waals surface area contributed by atoms with Crippen LogP contribution in [0.3, 0.4) is 0 Å². The van der Waals surface area contributed by atoms with Crippen LogP contribution >= 0.6 is 12.2 Å². The SMILES string of the molecule is Cc1cnc2c(c1)[nH]c(=S)n2C1CC=CCC1. The number of rotatable bonds is 1. The van der Waals surface area contributed by atoms with Gasteiger partial charge < -0.3 is 4.98 Å². The van der Waals surface area contributed by atoms with Crippen LogP contribution in [0.4, 0.5) is 0 Å². The van der Waals surface area contributed by atoms with Gasteiger partial charge in [0.1, 0.15) is 0 Å². The zero-order chi connectivity index (χ0) is 11.8. The fraction of sp³-hybridized carbons (Fsp3) is 0.385. The molecule has 1 atom stereocenters. The summed E-state index contributed by atoms with van der Waals surface area (Å²) in [5, 5.41) is 0. The molecule has 1 N–H and O–H groups in total. The number of aryl methyl sites for hydroxylation is 1. The molecule has 2 aromatic heterocycles. The number of H-pyrrole nitrogens is 1. The number of hydrogen-bond acceptors (Lipinski definition) is 2. The number of aromatic amines is 1. The molecule has 0 saturated carbocycles. The van der Waals surface area contributed by atoms with Gasteiger partial charge in [0.2, 0.25) is 0 Å². The van der Waals surface area contributed by atoms with Gasteiger partial charge in [-0.3, -0.25) is 4.57 Å². The highest BCUT2D eigenvalue weighted by Gasteiger charge is 2.16. The van der Waals surface area contributed by atoms with Crippen LogP contribution in [0.2, 0.25) is 0 Å². The van der Waals surface area contributed by atoms with E-state index in [-0.39, 0.29) is 0 Å². The maximum atomic E-state index is 5.42. The first-order valence-corrected chi connectivity index (χ1v) is 6.38. The standard InChI is InChI=1S/C13H15N3S/c1-9-7-11-12(14-8-9)16(13(17)15-11)10-5-3-2-4-6-10/h2-3,7-8,10H,4-6H2,1H3,(H,15,17). The van der Waals surface area contributed by atoms with Crippen LogP contribution in [0.1, 0.15) is 30.9 Å². The Morgan fingerprint density at radius 2 is 2.35 bits per heavy atom. The Bertz CT molecular complexity index is 636. The average Bonchev–Trinajstić information content (AvgIpc) is 2.65. The minimum Gasteiger partial charge on any atom is -0.329 e. The van der Waals surface area contributed by atoms with Gasteiger partial charge in [0.05, 0.1) is 5.52 Å². The lowest BCUT2D eigenvalue weighted by Crippen LogP contribution is -2.11. The zero-order valence-corrected chi connectivity index (χ0v) is 10.6. The summed E-state index contributed by atoms with van der Waals surface area (Å²) in [6, 6.07) is 2.56. The van der Waals surface area contributed by atoms with Gasteiger partial charge in [-0.05, 0) is 50.0 Å². The van der Waals surface area contributed by atoms with E-state index in [0.717, 1.165) is 40.8 Å². The molecule has 88 valence electrons. The molecule has 0 amide bonds. The summed E-state index contributed by atoms with van der Waals surface area (Å²) in [6.07, 6.45) is 9.71. The lowest BCUT2D eigenvalue weighted by atomic mass is 10.0. The van der Waals surface area contributed by atoms with Crippen LogP contribution < -0.4 is 0 Å². The molecular formula is C13H15N3S. The van der Waals surface area contributed by atoms with E-state index in [9.17, 15) is 0 Å². The fourth-order valence-electron chi connectivity index (χ4n) is 2.47. The molecule has 0 bridgehead atoms. The third kappa shape index (κ3) is 1.82. The van der Waals surface area contributed by atoms with Gasteiger partial charge in [0, 0.05) is 12.2 Å². The van der Waals surface area contributed by atoms with E-state index in [1.165, 1.54) is 0 Å². The van der Waals surface area contributed by atoms with Gasteiger partial charge >= 0.3 is 0 Å². The first-order valence-electron chi connectivity index (χ1n) is 5.97. The van der Waals surface area contributed by atoms with Crippen molar-refractivity contribution < 1.29 is 0 Å². The predicted molar refractivity (Wildman–Crippen MR) is 71.7 cm³/mol. The Morgan fingerprint density at radius 3 is 3.12 bits per heavy atom. The van der Waals surface area contributed by atoms with Crippen molar-refractivity contribution >= 4 is 23.4 Å². The summed E-state index contributed by atoms with van der Waals surface area (Å²) in [7, 11) is 0. The van der Waals surface area contributed by atoms with E-state index < -0.39 is 0 Å². The van der Waals surface area contributed by atoms with Crippen LogP contribution in [0.5, 0.6) is 0 Å². The smallest absolute Gasteiger partial charge is 0.179 e. The van der Waals surface area contributed by atoms with Crippen LogP contribution in [0, 0.1) is 11.7 Å². The first-order chi connectivity index (χ1) is 8.25. The Hall–Kier alpha value is -1.42. The summed E-state index contributed by atoms with van der Waals surface area (Å²) in [5.41, 5.74) is 3.19. The van der Waals surface area contributed by atoms with Gasteiger partial charge in [-0.2, -0.15) is 0 Å². The van der Waals surface area contributed by atoms with Crippen LogP contribution in [0.25, 0.3) is 11.2 Å². The molecule has 1 unspecified atom stereocenters.